The predicted molar refractivity (Wildman–Crippen MR) is 184 cm³/mol. The Balaban J connectivity index is 0.000000340. The number of amides is 1. The molecule has 7 N–H and O–H groups in total. The van der Waals surface area contributed by atoms with E-state index in [0.717, 1.165) is 11.0 Å². The summed E-state index contributed by atoms with van der Waals surface area (Å²) in [5.74, 6) is 0.342. The van der Waals surface area contributed by atoms with E-state index in [1.54, 1.807) is 61.1 Å². The predicted octanol–water partition coefficient (Wildman–Crippen LogP) is -1.89. The van der Waals surface area contributed by atoms with Gasteiger partial charge in [0, 0.05) is 49.2 Å². The number of Topliss-reactive ketones (excluding diaryl/α,β-unsaturated/α-hetero) is 1. The van der Waals surface area contributed by atoms with E-state index in [1.807, 2.05) is 14.1 Å². The minimum atomic E-state index is -4.71. The average molecular weight is 799 g/mol. The van der Waals surface area contributed by atoms with Crippen molar-refractivity contribution in [3.63, 3.8) is 0 Å². The molecule has 0 aliphatic heterocycles. The zero-order chi connectivity index (χ0) is 42.6. The van der Waals surface area contributed by atoms with Crippen LogP contribution in [0.3, 0.4) is 0 Å². The molecule has 1 amide bonds. The normalized spacial score (nSPS) is 12.0. The minimum absolute atomic E-state index is 0.101. The van der Waals surface area contributed by atoms with Gasteiger partial charge in [0.2, 0.25) is 17.8 Å². The van der Waals surface area contributed by atoms with E-state index in [0.29, 0.717) is 18.2 Å². The highest BCUT2D eigenvalue weighted by Crippen LogP contribution is 2.30. The van der Waals surface area contributed by atoms with Crippen molar-refractivity contribution in [1.29, 1.82) is 0 Å². The number of halogens is 3. The number of aliphatic hydroxyl groups excluding tert-OH is 3. The molecule has 0 aromatic carbocycles. The Kier molecular flexibility index (Phi) is 19.9. The van der Waals surface area contributed by atoms with Crippen LogP contribution in [-0.4, -0.2) is 122 Å². The fourth-order valence-electron chi connectivity index (χ4n) is 3.21. The largest absolute Gasteiger partial charge is 0.421 e. The molecule has 0 aliphatic carbocycles. The van der Waals surface area contributed by atoms with Crippen LogP contribution < -0.4 is 11.5 Å². The number of carbonyl (C=O) groups excluding carboxylic acids is 2. The molecule has 6 aromatic rings. The monoisotopic (exact) mass is 798 g/mol. The van der Waals surface area contributed by atoms with Crippen molar-refractivity contribution in [2.75, 3.05) is 0 Å². The molecular weight excluding hydrogens is 753 g/mol. The molecule has 6 heterocycles. The summed E-state index contributed by atoms with van der Waals surface area (Å²) in [5, 5.41) is 49.2. The molecule has 0 saturated carbocycles. The standard InChI is InChI=1S/C6H10N4O2.C5H6F3N3O.C5H9N3O.C5H7N3O.C4H8N4.C3H5N3/c1-10-3-8-6(9-10)4(11)2-5(7)12;1-11-2-9-4(10-11)3(12)5(6,7)8;2*1-4(9)5-6-3-8(2)7-5;1-8-3-6-4(2-5)7-8;1-6-3-4-2-5-6/h3-4,11H,2H2,1H3,(H2,7,12);2-3,12H,1H3;3-4,9H,1-2H3;3H,1-2H3;3H,2,5H2,1H3;2-3H,1H3. The van der Waals surface area contributed by atoms with Crippen LogP contribution in [0, 0.1) is 0 Å². The number of hydrogen-bond acceptors (Lipinski definition) is 18. The number of hydrogen-bond donors (Lipinski definition) is 5. The van der Waals surface area contributed by atoms with Crippen LogP contribution in [-0.2, 0) is 53.6 Å². The zero-order valence-corrected chi connectivity index (χ0v) is 31.7. The second-order valence-electron chi connectivity index (χ2n) is 11.0. The minimum Gasteiger partial charge on any atom is -0.385 e. The van der Waals surface area contributed by atoms with Gasteiger partial charge >= 0.3 is 6.18 Å². The third-order valence-electron chi connectivity index (χ3n) is 5.75. The molecule has 308 valence electrons. The molecule has 6 aromatic heterocycles. The van der Waals surface area contributed by atoms with Crippen LogP contribution in [0.4, 0.5) is 13.2 Å². The molecular formula is C28H45F3N20O5. The second-order valence-corrected chi connectivity index (χ2v) is 11.0. The Bertz CT molecular complexity index is 1980. The van der Waals surface area contributed by atoms with Crippen molar-refractivity contribution in [2.45, 2.75) is 51.3 Å². The van der Waals surface area contributed by atoms with E-state index in [4.69, 9.17) is 21.7 Å². The molecule has 28 heteroatoms. The number of alkyl halides is 3. The van der Waals surface area contributed by atoms with Gasteiger partial charge in [-0.25, -0.2) is 29.9 Å². The molecule has 0 aliphatic rings. The van der Waals surface area contributed by atoms with Gasteiger partial charge in [0.15, 0.2) is 29.1 Å². The molecule has 56 heavy (non-hydrogen) atoms. The van der Waals surface area contributed by atoms with Crippen molar-refractivity contribution in [3.8, 4) is 0 Å². The summed E-state index contributed by atoms with van der Waals surface area (Å²) < 4.78 is 44.3. The Labute approximate surface area is 316 Å². The maximum Gasteiger partial charge on any atom is 0.421 e. The maximum absolute atomic E-state index is 11.8. The van der Waals surface area contributed by atoms with Crippen molar-refractivity contribution >= 4 is 11.7 Å². The molecule has 0 saturated heterocycles. The van der Waals surface area contributed by atoms with Gasteiger partial charge in [-0.05, 0) is 6.92 Å². The highest BCUT2D eigenvalue weighted by Gasteiger charge is 2.41. The number of aromatic nitrogens is 18. The number of nitrogens with two attached hydrogens (primary N) is 2. The first-order valence-corrected chi connectivity index (χ1v) is 15.8. The molecule has 0 spiro atoms. The second kappa shape index (κ2) is 23.4. The van der Waals surface area contributed by atoms with Crippen LogP contribution in [0.15, 0.2) is 44.3 Å². The Hall–Kier alpha value is -6.39. The Morgan fingerprint density at radius 1 is 0.696 bits per heavy atom. The number of aliphatic hydroxyl groups is 3. The van der Waals surface area contributed by atoms with E-state index >= 15 is 0 Å². The summed E-state index contributed by atoms with van der Waals surface area (Å²) in [6.07, 6.45) is 1.34. The quantitative estimate of drug-likeness (QED) is 0.110. The van der Waals surface area contributed by atoms with Crippen LogP contribution in [0.5, 0.6) is 0 Å². The highest BCUT2D eigenvalue weighted by atomic mass is 19.4. The van der Waals surface area contributed by atoms with Gasteiger partial charge in [0.25, 0.3) is 0 Å². The van der Waals surface area contributed by atoms with Crippen LogP contribution in [0.2, 0.25) is 0 Å². The first-order valence-electron chi connectivity index (χ1n) is 15.8. The smallest absolute Gasteiger partial charge is 0.385 e. The molecule has 0 bridgehead atoms. The average Bonchev–Trinajstić information content (AvgIpc) is 3.96. The number of aryl methyl sites for hydroxylation is 6. The summed E-state index contributed by atoms with van der Waals surface area (Å²) >= 11 is 0. The highest BCUT2D eigenvalue weighted by molar-refractivity contribution is 5.89. The number of ketones is 1. The maximum atomic E-state index is 11.8. The van der Waals surface area contributed by atoms with E-state index in [9.17, 15) is 27.9 Å². The molecule has 0 radical (unpaired) electrons. The molecule has 3 unspecified atom stereocenters. The number of rotatable bonds is 7. The molecule has 6 rings (SSSR count). The fourth-order valence-corrected chi connectivity index (χ4v) is 3.21. The number of primary amides is 1. The Morgan fingerprint density at radius 3 is 1.41 bits per heavy atom. The summed E-state index contributed by atoms with van der Waals surface area (Å²) in [7, 11) is 10.2. The molecule has 3 atom stereocenters. The first kappa shape index (κ1) is 47.6. The summed E-state index contributed by atoms with van der Waals surface area (Å²) in [4.78, 5) is 43.0. The topological polar surface area (TPSA) is 331 Å². The van der Waals surface area contributed by atoms with E-state index in [2.05, 4.69) is 60.5 Å². The Morgan fingerprint density at radius 2 is 1.16 bits per heavy atom. The molecule has 0 fully saturated rings. The SMILES string of the molecule is CC(=O)c1ncn(C)n1.CC(O)c1ncn(C)n1.Cn1cnc(C(O)C(F)(F)F)n1.Cn1cnc(C(O)CC(N)=O)n1.Cn1cnc(CN)n1.Cn1cncn1. The van der Waals surface area contributed by atoms with Gasteiger partial charge < -0.3 is 26.8 Å². The fraction of sp³-hybridized carbons (Fsp3) is 0.500. The van der Waals surface area contributed by atoms with Gasteiger partial charge in [0.05, 0.1) is 13.0 Å². The lowest BCUT2D eigenvalue weighted by Gasteiger charge is -2.09. The van der Waals surface area contributed by atoms with Crippen molar-refractivity contribution in [3.05, 3.63) is 73.4 Å². The number of nitrogens with zero attached hydrogens (tertiary/aromatic N) is 18. The van der Waals surface area contributed by atoms with Gasteiger partial charge in [-0.3, -0.25) is 37.7 Å². The lowest BCUT2D eigenvalue weighted by atomic mass is 10.2. The third-order valence-corrected chi connectivity index (χ3v) is 5.75. The van der Waals surface area contributed by atoms with Crippen LogP contribution >= 0.6 is 0 Å². The summed E-state index contributed by atoms with van der Waals surface area (Å²) in [6.45, 7) is 3.49. The van der Waals surface area contributed by atoms with Crippen molar-refractivity contribution in [2.24, 2.45) is 53.8 Å². The lowest BCUT2D eigenvalue weighted by Crippen LogP contribution is -2.21. The third kappa shape index (κ3) is 19.1. The van der Waals surface area contributed by atoms with Crippen molar-refractivity contribution in [1.82, 2.24) is 88.6 Å². The van der Waals surface area contributed by atoms with Gasteiger partial charge in [-0.1, -0.05) is 0 Å². The first-order chi connectivity index (χ1) is 26.1. The van der Waals surface area contributed by atoms with Crippen LogP contribution in [0.1, 0.15) is 72.5 Å². The summed E-state index contributed by atoms with van der Waals surface area (Å²) in [6, 6.07) is 0. The van der Waals surface area contributed by atoms with Gasteiger partial charge in [0.1, 0.15) is 56.5 Å². The van der Waals surface area contributed by atoms with E-state index in [1.165, 1.54) is 42.3 Å². The zero-order valence-electron chi connectivity index (χ0n) is 31.7. The lowest BCUT2D eigenvalue weighted by molar-refractivity contribution is -0.209. The summed E-state index contributed by atoms with van der Waals surface area (Å²) in [5.41, 5.74) is 10.1. The van der Waals surface area contributed by atoms with Crippen molar-refractivity contribution < 1.29 is 38.1 Å². The van der Waals surface area contributed by atoms with Gasteiger partial charge in [-0.15, -0.1) is 5.10 Å². The van der Waals surface area contributed by atoms with Crippen LogP contribution in [0.25, 0.3) is 0 Å². The van der Waals surface area contributed by atoms with Gasteiger partial charge in [-0.2, -0.15) is 38.7 Å². The van der Waals surface area contributed by atoms with E-state index < -0.39 is 36.2 Å². The number of carbonyl (C=O) groups is 2. The van der Waals surface area contributed by atoms with E-state index in [-0.39, 0.29) is 23.9 Å². The molecule has 25 nitrogen and oxygen atoms in total.